The Labute approximate surface area is 119 Å². The highest BCUT2D eigenvalue weighted by Gasteiger charge is 2.22. The minimum Gasteiger partial charge on any atom is -0.491 e. The van der Waals surface area contributed by atoms with E-state index < -0.39 is 0 Å². The van der Waals surface area contributed by atoms with E-state index in [1.165, 1.54) is 0 Å². The van der Waals surface area contributed by atoms with Crippen molar-refractivity contribution < 1.29 is 9.26 Å². The molecule has 0 radical (unpaired) electrons. The topological polar surface area (TPSA) is 41.7 Å². The fraction of sp³-hybridized carbons (Fsp3) is 0.533. The Kier molecular flexibility index (Phi) is 3.78. The van der Waals surface area contributed by atoms with E-state index >= 15 is 0 Å². The molecule has 1 aliphatic heterocycles. The van der Waals surface area contributed by atoms with Crippen molar-refractivity contribution in [3.05, 3.63) is 18.2 Å². The monoisotopic (exact) mass is 275 g/mol. The van der Waals surface area contributed by atoms with Crippen molar-refractivity contribution >= 4 is 16.8 Å². The van der Waals surface area contributed by atoms with E-state index in [-0.39, 0.29) is 0 Å². The van der Waals surface area contributed by atoms with Gasteiger partial charge in [0.1, 0.15) is 17.7 Å². The number of benzene rings is 1. The van der Waals surface area contributed by atoms with E-state index in [2.05, 4.69) is 28.8 Å². The van der Waals surface area contributed by atoms with Crippen molar-refractivity contribution in [2.45, 2.75) is 13.8 Å². The number of aromatic nitrogens is 1. The second kappa shape index (κ2) is 5.71. The first-order valence-corrected chi connectivity index (χ1v) is 7.32. The highest BCUT2D eigenvalue weighted by molar-refractivity contribution is 5.94. The van der Waals surface area contributed by atoms with Gasteiger partial charge >= 0.3 is 0 Å². The summed E-state index contributed by atoms with van der Waals surface area (Å²) in [6.45, 7) is 10.0. The summed E-state index contributed by atoms with van der Waals surface area (Å²) in [5.74, 6) is 1.80. The number of hydrogen-bond acceptors (Lipinski definition) is 5. The molecule has 5 heteroatoms. The Morgan fingerprint density at radius 1 is 1.30 bits per heavy atom. The Hall–Kier alpha value is -1.75. The molecule has 5 nitrogen and oxygen atoms in total. The first kappa shape index (κ1) is 13.2. The van der Waals surface area contributed by atoms with E-state index in [0.717, 1.165) is 55.3 Å². The van der Waals surface area contributed by atoms with Crippen LogP contribution in [-0.4, -0.2) is 49.4 Å². The third-order valence-corrected chi connectivity index (χ3v) is 3.94. The zero-order valence-corrected chi connectivity index (χ0v) is 12.1. The van der Waals surface area contributed by atoms with Gasteiger partial charge in [-0.2, -0.15) is 0 Å². The van der Waals surface area contributed by atoms with E-state index in [0.29, 0.717) is 6.61 Å². The zero-order chi connectivity index (χ0) is 13.9. The number of rotatable bonds is 5. The molecule has 0 amide bonds. The molecule has 1 aliphatic rings. The van der Waals surface area contributed by atoms with Gasteiger partial charge in [0.2, 0.25) is 0 Å². The molecule has 3 rings (SSSR count). The maximum Gasteiger partial charge on any atom is 0.183 e. The van der Waals surface area contributed by atoms with E-state index in [4.69, 9.17) is 9.26 Å². The molecule has 0 spiro atoms. The molecule has 0 saturated carbocycles. The lowest BCUT2D eigenvalue weighted by molar-refractivity contribution is 0.299. The summed E-state index contributed by atoms with van der Waals surface area (Å²) in [7, 11) is 0. The van der Waals surface area contributed by atoms with E-state index in [1.54, 1.807) is 0 Å². The predicted molar refractivity (Wildman–Crippen MR) is 79.5 cm³/mol. The molecule has 108 valence electrons. The standard InChI is InChI=1S/C15H21N3O2/c1-3-17(4-2)8-9-18-10-11-19-12-6-5-7-13-14(12)15(18)16-20-13/h5-7H,3-4,8-11H2,1-2H3. The van der Waals surface area contributed by atoms with Crippen molar-refractivity contribution in [1.29, 1.82) is 0 Å². The summed E-state index contributed by atoms with van der Waals surface area (Å²) in [5, 5.41) is 5.25. The lowest BCUT2D eigenvalue weighted by Gasteiger charge is -2.24. The van der Waals surface area contributed by atoms with Gasteiger partial charge in [0, 0.05) is 13.1 Å². The Morgan fingerprint density at radius 3 is 2.95 bits per heavy atom. The SMILES string of the molecule is CCN(CC)CCN1CCOc2cccc3onc1c23. The molecule has 2 aromatic rings. The summed E-state index contributed by atoms with van der Waals surface area (Å²) in [6.07, 6.45) is 0. The molecular formula is C15H21N3O2. The van der Waals surface area contributed by atoms with Gasteiger partial charge in [-0.25, -0.2) is 0 Å². The Balaban J connectivity index is 1.85. The van der Waals surface area contributed by atoms with E-state index in [9.17, 15) is 0 Å². The van der Waals surface area contributed by atoms with Crippen molar-refractivity contribution in [2.75, 3.05) is 44.2 Å². The van der Waals surface area contributed by atoms with Gasteiger partial charge < -0.3 is 19.1 Å². The highest BCUT2D eigenvalue weighted by atomic mass is 16.5. The molecule has 0 fully saturated rings. The van der Waals surface area contributed by atoms with Gasteiger partial charge in [-0.1, -0.05) is 25.1 Å². The molecule has 0 unspecified atom stereocenters. The number of anilines is 1. The normalized spacial score (nSPS) is 14.7. The van der Waals surface area contributed by atoms with Gasteiger partial charge in [-0.05, 0) is 25.2 Å². The van der Waals surface area contributed by atoms with Crippen molar-refractivity contribution in [3.63, 3.8) is 0 Å². The van der Waals surface area contributed by atoms with Crippen LogP contribution in [0.4, 0.5) is 5.82 Å². The molecule has 20 heavy (non-hydrogen) atoms. The highest BCUT2D eigenvalue weighted by Crippen LogP contribution is 2.35. The first-order chi connectivity index (χ1) is 9.83. The average Bonchev–Trinajstić information content (AvgIpc) is 2.82. The van der Waals surface area contributed by atoms with Crippen LogP contribution in [-0.2, 0) is 0 Å². The third kappa shape index (κ3) is 2.33. The third-order valence-electron chi connectivity index (χ3n) is 3.94. The molecule has 0 atom stereocenters. The number of nitrogens with zero attached hydrogens (tertiary/aromatic N) is 3. The van der Waals surface area contributed by atoms with Crippen LogP contribution in [0.3, 0.4) is 0 Å². The molecule has 2 heterocycles. The summed E-state index contributed by atoms with van der Waals surface area (Å²) >= 11 is 0. The maximum absolute atomic E-state index is 5.81. The molecule has 0 bridgehead atoms. The number of ether oxygens (including phenoxy) is 1. The molecule has 1 aromatic heterocycles. The molecule has 0 N–H and O–H groups in total. The molecule has 1 aromatic carbocycles. The van der Waals surface area contributed by atoms with Crippen molar-refractivity contribution in [2.24, 2.45) is 0 Å². The quantitative estimate of drug-likeness (QED) is 0.838. The fourth-order valence-corrected chi connectivity index (χ4v) is 2.67. The minimum atomic E-state index is 0.688. The smallest absolute Gasteiger partial charge is 0.183 e. The average molecular weight is 275 g/mol. The zero-order valence-electron chi connectivity index (χ0n) is 12.1. The van der Waals surface area contributed by atoms with Crippen LogP contribution in [0.15, 0.2) is 22.7 Å². The largest absolute Gasteiger partial charge is 0.491 e. The van der Waals surface area contributed by atoms with Crippen LogP contribution < -0.4 is 9.64 Å². The minimum absolute atomic E-state index is 0.688. The van der Waals surface area contributed by atoms with E-state index in [1.807, 2.05) is 18.2 Å². The lowest BCUT2D eigenvalue weighted by atomic mass is 10.2. The second-order valence-corrected chi connectivity index (χ2v) is 5.00. The molecule has 0 saturated heterocycles. The van der Waals surface area contributed by atoms with Gasteiger partial charge in [0.25, 0.3) is 0 Å². The van der Waals surface area contributed by atoms with Crippen LogP contribution in [0, 0.1) is 0 Å². The fourth-order valence-electron chi connectivity index (χ4n) is 2.67. The van der Waals surface area contributed by atoms with Crippen LogP contribution in [0.1, 0.15) is 13.8 Å². The van der Waals surface area contributed by atoms with Gasteiger partial charge in [0.05, 0.1) is 6.54 Å². The van der Waals surface area contributed by atoms with Crippen molar-refractivity contribution in [3.8, 4) is 5.75 Å². The van der Waals surface area contributed by atoms with Gasteiger partial charge in [0.15, 0.2) is 11.4 Å². The molecule has 0 aliphatic carbocycles. The number of likely N-dealkylation sites (N-methyl/N-ethyl adjacent to an activating group) is 1. The summed E-state index contributed by atoms with van der Waals surface area (Å²) in [5.41, 5.74) is 0.798. The van der Waals surface area contributed by atoms with Gasteiger partial charge in [-0.3, -0.25) is 0 Å². The maximum atomic E-state index is 5.81. The van der Waals surface area contributed by atoms with Crippen LogP contribution in [0.25, 0.3) is 11.0 Å². The Bertz CT molecular complexity index is 578. The Morgan fingerprint density at radius 2 is 2.15 bits per heavy atom. The van der Waals surface area contributed by atoms with Gasteiger partial charge in [-0.15, -0.1) is 0 Å². The summed E-state index contributed by atoms with van der Waals surface area (Å²) < 4.78 is 11.2. The van der Waals surface area contributed by atoms with Crippen LogP contribution in [0.2, 0.25) is 0 Å². The summed E-state index contributed by atoms with van der Waals surface area (Å²) in [4.78, 5) is 4.68. The second-order valence-electron chi connectivity index (χ2n) is 5.00. The predicted octanol–water partition coefficient (Wildman–Crippen LogP) is 2.37. The summed E-state index contributed by atoms with van der Waals surface area (Å²) in [6, 6.07) is 5.86. The number of hydrogen-bond donors (Lipinski definition) is 0. The first-order valence-electron chi connectivity index (χ1n) is 7.32. The van der Waals surface area contributed by atoms with Crippen LogP contribution in [0.5, 0.6) is 5.75 Å². The van der Waals surface area contributed by atoms with Crippen LogP contribution >= 0.6 is 0 Å². The lowest BCUT2D eigenvalue weighted by Crippen LogP contribution is -2.36. The molecular weight excluding hydrogens is 254 g/mol. The van der Waals surface area contributed by atoms with Crippen molar-refractivity contribution in [1.82, 2.24) is 10.1 Å².